The van der Waals surface area contributed by atoms with E-state index in [2.05, 4.69) is 29.4 Å². The first kappa shape index (κ1) is 19.2. The van der Waals surface area contributed by atoms with Crippen molar-refractivity contribution >= 4 is 11.6 Å². The fourth-order valence-corrected chi connectivity index (χ4v) is 2.87. The summed E-state index contributed by atoms with van der Waals surface area (Å²) < 4.78 is 19.9. The van der Waals surface area contributed by atoms with E-state index in [1.165, 1.54) is 18.5 Å². The van der Waals surface area contributed by atoms with Gasteiger partial charge in [0.1, 0.15) is 11.6 Å². The van der Waals surface area contributed by atoms with Gasteiger partial charge in [-0.05, 0) is 24.5 Å². The van der Waals surface area contributed by atoms with Crippen molar-refractivity contribution in [3.8, 4) is 5.75 Å². The molecule has 3 rings (SSSR count). The van der Waals surface area contributed by atoms with E-state index in [0.29, 0.717) is 49.2 Å². The van der Waals surface area contributed by atoms with Crippen LogP contribution in [0.1, 0.15) is 25.8 Å². The third kappa shape index (κ3) is 5.47. The van der Waals surface area contributed by atoms with Crippen molar-refractivity contribution in [2.45, 2.75) is 26.8 Å². The molecule has 1 N–H and O–H groups in total. The molecular formula is C20H25FN4O2. The summed E-state index contributed by atoms with van der Waals surface area (Å²) in [4.78, 5) is 14.2. The SMILES string of the molecule is CC(C)CCOc1ccc(CN2CC(C(=O)Nc3ccnnc3)C2)c(F)c1. The van der Waals surface area contributed by atoms with Gasteiger partial charge in [-0.3, -0.25) is 9.69 Å². The summed E-state index contributed by atoms with van der Waals surface area (Å²) in [5.41, 5.74) is 1.25. The zero-order valence-corrected chi connectivity index (χ0v) is 15.7. The highest BCUT2D eigenvalue weighted by atomic mass is 19.1. The van der Waals surface area contributed by atoms with E-state index in [4.69, 9.17) is 4.74 Å². The molecule has 0 saturated carbocycles. The second kappa shape index (κ2) is 8.90. The van der Waals surface area contributed by atoms with E-state index in [1.54, 1.807) is 18.2 Å². The van der Waals surface area contributed by atoms with Gasteiger partial charge in [0, 0.05) is 31.3 Å². The van der Waals surface area contributed by atoms with E-state index in [9.17, 15) is 9.18 Å². The van der Waals surface area contributed by atoms with Crippen molar-refractivity contribution in [2.75, 3.05) is 25.0 Å². The predicted molar refractivity (Wildman–Crippen MR) is 101 cm³/mol. The standard InChI is InChI=1S/C20H25FN4O2/c1-14(2)6-8-27-18-4-3-15(19(21)9-18)11-25-12-16(13-25)20(26)24-17-5-7-22-23-10-17/h3-5,7,9-10,14,16H,6,8,11-13H2,1-2H3,(H,22,24,26). The smallest absolute Gasteiger partial charge is 0.230 e. The topological polar surface area (TPSA) is 67.3 Å². The number of aromatic nitrogens is 2. The number of ether oxygens (including phenoxy) is 1. The summed E-state index contributed by atoms with van der Waals surface area (Å²) in [7, 11) is 0. The lowest BCUT2D eigenvalue weighted by Gasteiger charge is -2.38. The molecule has 6 nitrogen and oxygen atoms in total. The minimum Gasteiger partial charge on any atom is -0.493 e. The van der Waals surface area contributed by atoms with Crippen LogP contribution in [0, 0.1) is 17.7 Å². The van der Waals surface area contributed by atoms with Crippen molar-refractivity contribution < 1.29 is 13.9 Å². The number of benzene rings is 1. The molecule has 1 fully saturated rings. The van der Waals surface area contributed by atoms with Crippen LogP contribution in [0.4, 0.5) is 10.1 Å². The lowest BCUT2D eigenvalue weighted by atomic mass is 9.98. The molecule has 0 spiro atoms. The Morgan fingerprint density at radius 1 is 1.33 bits per heavy atom. The van der Waals surface area contributed by atoms with Gasteiger partial charge < -0.3 is 10.1 Å². The third-order valence-corrected chi connectivity index (χ3v) is 4.56. The number of hydrogen-bond donors (Lipinski definition) is 1. The molecule has 0 aliphatic carbocycles. The predicted octanol–water partition coefficient (Wildman–Crippen LogP) is 3.11. The van der Waals surface area contributed by atoms with Crippen LogP contribution in [0.3, 0.4) is 0 Å². The number of halogens is 1. The Hall–Kier alpha value is -2.54. The number of nitrogens with zero attached hydrogens (tertiary/aromatic N) is 3. The van der Waals surface area contributed by atoms with E-state index in [0.717, 1.165) is 6.42 Å². The first-order chi connectivity index (χ1) is 13.0. The highest BCUT2D eigenvalue weighted by Gasteiger charge is 2.32. The summed E-state index contributed by atoms with van der Waals surface area (Å²) in [6, 6.07) is 6.70. The Bertz CT molecular complexity index is 764. The molecule has 144 valence electrons. The van der Waals surface area contributed by atoms with Crippen molar-refractivity contribution in [3.63, 3.8) is 0 Å². The fourth-order valence-electron chi connectivity index (χ4n) is 2.87. The highest BCUT2D eigenvalue weighted by molar-refractivity contribution is 5.93. The average molecular weight is 372 g/mol. The van der Waals surface area contributed by atoms with Crippen molar-refractivity contribution in [1.29, 1.82) is 0 Å². The molecule has 1 aliphatic heterocycles. The summed E-state index contributed by atoms with van der Waals surface area (Å²) in [6.45, 7) is 6.54. The first-order valence-electron chi connectivity index (χ1n) is 9.22. The number of carbonyl (C=O) groups is 1. The molecule has 0 radical (unpaired) electrons. The Morgan fingerprint density at radius 2 is 2.15 bits per heavy atom. The molecule has 0 bridgehead atoms. The third-order valence-electron chi connectivity index (χ3n) is 4.56. The average Bonchev–Trinajstić information content (AvgIpc) is 2.59. The van der Waals surface area contributed by atoms with Gasteiger partial charge in [0.25, 0.3) is 0 Å². The van der Waals surface area contributed by atoms with Gasteiger partial charge in [-0.15, -0.1) is 0 Å². The molecular weight excluding hydrogens is 347 g/mol. The Morgan fingerprint density at radius 3 is 2.81 bits per heavy atom. The largest absolute Gasteiger partial charge is 0.493 e. The van der Waals surface area contributed by atoms with Crippen LogP contribution in [0.5, 0.6) is 5.75 Å². The molecule has 7 heteroatoms. The lowest BCUT2D eigenvalue weighted by molar-refractivity contribution is -0.125. The molecule has 27 heavy (non-hydrogen) atoms. The molecule has 1 amide bonds. The van der Waals surface area contributed by atoms with E-state index >= 15 is 0 Å². The molecule has 2 heterocycles. The van der Waals surface area contributed by atoms with E-state index in [1.807, 2.05) is 4.90 Å². The van der Waals surface area contributed by atoms with Gasteiger partial charge in [-0.2, -0.15) is 10.2 Å². The molecule has 2 aromatic rings. The van der Waals surface area contributed by atoms with E-state index < -0.39 is 0 Å². The number of nitrogens with one attached hydrogen (secondary N) is 1. The van der Waals surface area contributed by atoms with Crippen LogP contribution in [-0.4, -0.2) is 40.7 Å². The highest BCUT2D eigenvalue weighted by Crippen LogP contribution is 2.23. The van der Waals surface area contributed by atoms with Crippen LogP contribution >= 0.6 is 0 Å². The van der Waals surface area contributed by atoms with E-state index in [-0.39, 0.29) is 17.6 Å². The minimum absolute atomic E-state index is 0.0476. The quantitative estimate of drug-likeness (QED) is 0.771. The van der Waals surface area contributed by atoms with Crippen LogP contribution in [0.2, 0.25) is 0 Å². The summed E-state index contributed by atoms with van der Waals surface area (Å²) in [6.07, 6.45) is 3.98. The Labute approximate surface area is 158 Å². The van der Waals surface area contributed by atoms with Gasteiger partial charge in [0.15, 0.2) is 0 Å². The van der Waals surface area contributed by atoms with Crippen molar-refractivity contribution in [3.05, 3.63) is 48.0 Å². The number of carbonyl (C=O) groups excluding carboxylic acids is 1. The van der Waals surface area contributed by atoms with Gasteiger partial charge >= 0.3 is 0 Å². The second-order valence-electron chi connectivity index (χ2n) is 7.30. The van der Waals surface area contributed by atoms with Crippen LogP contribution in [0.25, 0.3) is 0 Å². The van der Waals surface area contributed by atoms with Gasteiger partial charge in [0.2, 0.25) is 5.91 Å². The van der Waals surface area contributed by atoms with Crippen LogP contribution in [0.15, 0.2) is 36.7 Å². The summed E-state index contributed by atoms with van der Waals surface area (Å²) in [5.74, 6) is 0.700. The van der Waals surface area contributed by atoms with Crippen molar-refractivity contribution in [2.24, 2.45) is 11.8 Å². The number of hydrogen-bond acceptors (Lipinski definition) is 5. The maximum atomic E-state index is 14.3. The second-order valence-corrected chi connectivity index (χ2v) is 7.30. The van der Waals surface area contributed by atoms with Crippen molar-refractivity contribution in [1.82, 2.24) is 15.1 Å². The van der Waals surface area contributed by atoms with Gasteiger partial charge in [0.05, 0.1) is 30.6 Å². The number of amides is 1. The Balaban J connectivity index is 1.45. The first-order valence-corrected chi connectivity index (χ1v) is 9.22. The Kier molecular flexibility index (Phi) is 6.34. The molecule has 0 unspecified atom stereocenters. The molecule has 1 saturated heterocycles. The van der Waals surface area contributed by atoms with Crippen LogP contribution in [-0.2, 0) is 11.3 Å². The zero-order chi connectivity index (χ0) is 19.2. The van der Waals surface area contributed by atoms with Crippen LogP contribution < -0.4 is 10.1 Å². The van der Waals surface area contributed by atoms with Gasteiger partial charge in [-0.1, -0.05) is 19.9 Å². The lowest BCUT2D eigenvalue weighted by Crippen LogP contribution is -2.51. The summed E-state index contributed by atoms with van der Waals surface area (Å²) in [5, 5.41) is 10.2. The molecule has 0 atom stereocenters. The number of rotatable bonds is 8. The minimum atomic E-state index is -0.271. The summed E-state index contributed by atoms with van der Waals surface area (Å²) >= 11 is 0. The molecule has 1 aliphatic rings. The molecule has 1 aromatic carbocycles. The maximum Gasteiger partial charge on any atom is 0.230 e. The maximum absolute atomic E-state index is 14.3. The normalized spacial score (nSPS) is 14.8. The fraction of sp³-hybridized carbons (Fsp3) is 0.450. The molecule has 1 aromatic heterocycles. The monoisotopic (exact) mass is 372 g/mol. The zero-order valence-electron chi connectivity index (χ0n) is 15.7. The number of likely N-dealkylation sites (tertiary alicyclic amines) is 1. The number of anilines is 1. The van der Waals surface area contributed by atoms with Gasteiger partial charge in [-0.25, -0.2) is 4.39 Å².